The number of aromatic nitrogens is 2. The van der Waals surface area contributed by atoms with E-state index in [0.717, 1.165) is 23.1 Å². The number of hydrogen-bond donors (Lipinski definition) is 0. The highest BCUT2D eigenvalue weighted by atomic mass is 35.5. The molecule has 0 spiro atoms. The maximum absolute atomic E-state index is 5.90. The smallest absolute Gasteiger partial charge is 0.227 e. The summed E-state index contributed by atoms with van der Waals surface area (Å²) < 4.78 is 5.90. The molecule has 5 heteroatoms. The summed E-state index contributed by atoms with van der Waals surface area (Å²) >= 11 is 7.43. The third kappa shape index (κ3) is 1.87. The van der Waals surface area contributed by atoms with Crippen LogP contribution >= 0.6 is 22.9 Å². The lowest BCUT2D eigenvalue weighted by molar-refractivity contribution is 0.204. The summed E-state index contributed by atoms with van der Waals surface area (Å²) in [5, 5.41) is 3.22. The van der Waals surface area contributed by atoms with Gasteiger partial charge in [0.2, 0.25) is 11.2 Å². The number of halogens is 1. The molecule has 0 amide bonds. The quantitative estimate of drug-likeness (QED) is 0.767. The molecule has 2 aromatic rings. The Bertz CT molecular complexity index is 508. The second-order valence-corrected chi connectivity index (χ2v) is 5.19. The minimum Gasteiger partial charge on any atom is -0.474 e. The molecule has 1 saturated carbocycles. The van der Waals surface area contributed by atoms with Crippen molar-refractivity contribution in [2.75, 3.05) is 0 Å². The highest BCUT2D eigenvalue weighted by molar-refractivity contribution is 7.16. The van der Waals surface area contributed by atoms with Gasteiger partial charge in [-0.05, 0) is 48.7 Å². The summed E-state index contributed by atoms with van der Waals surface area (Å²) in [4.78, 5) is 9.24. The van der Waals surface area contributed by atoms with Crippen molar-refractivity contribution in [3.8, 4) is 5.88 Å². The maximum atomic E-state index is 5.90. The van der Waals surface area contributed by atoms with Gasteiger partial charge in [-0.25, -0.2) is 4.98 Å². The molecule has 0 unspecified atom stereocenters. The van der Waals surface area contributed by atoms with Crippen LogP contribution < -0.4 is 4.74 Å². The normalized spacial score (nSPS) is 17.1. The molecule has 0 saturated heterocycles. The van der Waals surface area contributed by atoms with E-state index in [1.54, 1.807) is 11.3 Å². The van der Waals surface area contributed by atoms with Crippen LogP contribution in [0.5, 0.6) is 5.88 Å². The Morgan fingerprint density at radius 1 is 1.31 bits per heavy atom. The zero-order valence-corrected chi connectivity index (χ0v) is 10.2. The second-order valence-electron chi connectivity index (χ2n) is 3.96. The van der Waals surface area contributed by atoms with Gasteiger partial charge in [0, 0.05) is 0 Å². The molecule has 1 fully saturated rings. The molecule has 0 aromatic carbocycles. The molecule has 3 nitrogen and oxygen atoms in total. The van der Waals surface area contributed by atoms with E-state index in [4.69, 9.17) is 16.3 Å². The number of ether oxygens (including phenoxy) is 1. The van der Waals surface area contributed by atoms with Crippen molar-refractivity contribution in [3.63, 3.8) is 0 Å². The fraction of sp³-hybridized carbons (Fsp3) is 0.455. The van der Waals surface area contributed by atoms with Crippen LogP contribution in [-0.2, 0) is 0 Å². The van der Waals surface area contributed by atoms with Crippen LogP contribution in [0.4, 0.5) is 0 Å². The van der Waals surface area contributed by atoms with Crippen LogP contribution in [0.1, 0.15) is 25.7 Å². The van der Waals surface area contributed by atoms with Crippen molar-refractivity contribution in [1.29, 1.82) is 0 Å². The summed E-state index contributed by atoms with van der Waals surface area (Å²) in [6.07, 6.45) is 5.03. The summed E-state index contributed by atoms with van der Waals surface area (Å²) in [5.41, 5.74) is 0. The van der Waals surface area contributed by atoms with Gasteiger partial charge in [0.25, 0.3) is 0 Å². The highest BCUT2D eigenvalue weighted by Crippen LogP contribution is 2.31. The summed E-state index contributed by atoms with van der Waals surface area (Å²) in [6.45, 7) is 0. The monoisotopic (exact) mass is 254 g/mol. The molecule has 2 heterocycles. The molecule has 1 aliphatic carbocycles. The van der Waals surface area contributed by atoms with Crippen molar-refractivity contribution in [2.45, 2.75) is 31.8 Å². The van der Waals surface area contributed by atoms with E-state index in [9.17, 15) is 0 Å². The molecular formula is C11H11ClN2OS. The van der Waals surface area contributed by atoms with E-state index in [2.05, 4.69) is 9.97 Å². The Morgan fingerprint density at radius 3 is 2.94 bits per heavy atom. The van der Waals surface area contributed by atoms with Gasteiger partial charge in [0.05, 0.1) is 5.39 Å². The van der Waals surface area contributed by atoms with E-state index in [1.807, 2.05) is 11.4 Å². The van der Waals surface area contributed by atoms with Gasteiger partial charge in [-0.3, -0.25) is 0 Å². The Balaban J connectivity index is 1.97. The zero-order valence-electron chi connectivity index (χ0n) is 8.65. The number of nitrogens with zero attached hydrogens (tertiary/aromatic N) is 2. The molecule has 16 heavy (non-hydrogen) atoms. The lowest BCUT2D eigenvalue weighted by Crippen LogP contribution is -2.12. The average molecular weight is 255 g/mol. The van der Waals surface area contributed by atoms with Crippen molar-refractivity contribution in [3.05, 3.63) is 16.7 Å². The van der Waals surface area contributed by atoms with E-state index in [-0.39, 0.29) is 5.28 Å². The average Bonchev–Trinajstić information content (AvgIpc) is 2.87. The second kappa shape index (κ2) is 4.18. The standard InChI is InChI=1S/C11H11ClN2OS/c12-11-13-9(15-7-3-1-2-4-7)8-5-6-16-10(8)14-11/h5-7H,1-4H2. The molecule has 84 valence electrons. The Kier molecular flexibility index (Phi) is 2.69. The Labute approximate surface area is 102 Å². The lowest BCUT2D eigenvalue weighted by atomic mass is 10.3. The van der Waals surface area contributed by atoms with Gasteiger partial charge in [-0.15, -0.1) is 11.3 Å². The third-order valence-electron chi connectivity index (χ3n) is 2.84. The number of hydrogen-bond acceptors (Lipinski definition) is 4. The van der Waals surface area contributed by atoms with Crippen molar-refractivity contribution in [2.24, 2.45) is 0 Å². The fourth-order valence-corrected chi connectivity index (χ4v) is 3.02. The van der Waals surface area contributed by atoms with Gasteiger partial charge in [0.15, 0.2) is 0 Å². The van der Waals surface area contributed by atoms with E-state index < -0.39 is 0 Å². The summed E-state index contributed by atoms with van der Waals surface area (Å²) in [6, 6.07) is 1.99. The highest BCUT2D eigenvalue weighted by Gasteiger charge is 2.19. The van der Waals surface area contributed by atoms with Gasteiger partial charge >= 0.3 is 0 Å². The lowest BCUT2D eigenvalue weighted by Gasteiger charge is -2.12. The summed E-state index contributed by atoms with van der Waals surface area (Å²) in [5.74, 6) is 0.642. The molecule has 0 bridgehead atoms. The first-order valence-electron chi connectivity index (χ1n) is 5.40. The largest absolute Gasteiger partial charge is 0.474 e. The fourth-order valence-electron chi connectivity index (χ4n) is 2.06. The molecule has 3 rings (SSSR count). The van der Waals surface area contributed by atoms with Crippen molar-refractivity contribution >= 4 is 33.2 Å². The van der Waals surface area contributed by atoms with Crippen LogP contribution in [0, 0.1) is 0 Å². The predicted octanol–water partition coefficient (Wildman–Crippen LogP) is 3.67. The minimum atomic E-state index is 0.267. The Hall–Kier alpha value is -0.870. The van der Waals surface area contributed by atoms with Gasteiger partial charge in [0.1, 0.15) is 10.9 Å². The third-order valence-corrected chi connectivity index (χ3v) is 3.82. The van der Waals surface area contributed by atoms with Crippen molar-refractivity contribution in [1.82, 2.24) is 9.97 Å². The molecular weight excluding hydrogens is 244 g/mol. The van der Waals surface area contributed by atoms with Gasteiger partial charge in [-0.1, -0.05) is 0 Å². The number of rotatable bonds is 2. The number of thiophene rings is 1. The molecule has 0 N–H and O–H groups in total. The SMILES string of the molecule is Clc1nc(OC2CCCC2)c2ccsc2n1. The van der Waals surface area contributed by atoms with Crippen LogP contribution in [0.2, 0.25) is 5.28 Å². The van der Waals surface area contributed by atoms with Crippen molar-refractivity contribution < 1.29 is 4.74 Å². The molecule has 0 radical (unpaired) electrons. The van der Waals surface area contributed by atoms with Gasteiger partial charge in [-0.2, -0.15) is 4.98 Å². The van der Waals surface area contributed by atoms with Crippen LogP contribution in [0.15, 0.2) is 11.4 Å². The molecule has 1 aliphatic rings. The zero-order chi connectivity index (χ0) is 11.0. The molecule has 2 aromatic heterocycles. The van der Waals surface area contributed by atoms with Crippen LogP contribution in [-0.4, -0.2) is 16.1 Å². The van der Waals surface area contributed by atoms with E-state index in [1.165, 1.54) is 12.8 Å². The van der Waals surface area contributed by atoms with Gasteiger partial charge < -0.3 is 4.74 Å². The predicted molar refractivity (Wildman–Crippen MR) is 65.3 cm³/mol. The topological polar surface area (TPSA) is 35.0 Å². The molecule has 0 aliphatic heterocycles. The van der Waals surface area contributed by atoms with E-state index >= 15 is 0 Å². The number of fused-ring (bicyclic) bond motifs is 1. The minimum absolute atomic E-state index is 0.267. The first-order valence-corrected chi connectivity index (χ1v) is 6.66. The maximum Gasteiger partial charge on any atom is 0.227 e. The van der Waals surface area contributed by atoms with Crippen LogP contribution in [0.25, 0.3) is 10.2 Å². The summed E-state index contributed by atoms with van der Waals surface area (Å²) in [7, 11) is 0. The Morgan fingerprint density at radius 2 is 2.12 bits per heavy atom. The molecule has 0 atom stereocenters. The first kappa shape index (κ1) is 10.3. The first-order chi connectivity index (χ1) is 7.83. The van der Waals surface area contributed by atoms with Crippen LogP contribution in [0.3, 0.4) is 0 Å². The van der Waals surface area contributed by atoms with E-state index in [0.29, 0.717) is 12.0 Å².